The van der Waals surface area contributed by atoms with Crippen molar-refractivity contribution >= 4 is 12.4 Å². The molecule has 1 rings (SSSR count). The number of carbonyl (C=O) groups is 2. The Morgan fingerprint density at radius 2 is 2.00 bits per heavy atom. The molecule has 1 aliphatic rings. The number of carbonyl (C=O) groups excluding carboxylic acids is 2. The summed E-state index contributed by atoms with van der Waals surface area (Å²) in [5, 5.41) is 0. The molecule has 0 aromatic heterocycles. The van der Waals surface area contributed by atoms with E-state index in [1.807, 2.05) is 20.8 Å². The maximum atomic E-state index is 12.1. The summed E-state index contributed by atoms with van der Waals surface area (Å²) in [5.41, 5.74) is -0.288. The largest absolute Gasteiger partial charge is 0.444 e. The molecule has 2 unspecified atom stereocenters. The van der Waals surface area contributed by atoms with Crippen LogP contribution in [-0.2, 0) is 9.53 Å². The van der Waals surface area contributed by atoms with E-state index in [1.54, 1.807) is 7.05 Å². The minimum Gasteiger partial charge on any atom is -0.444 e. The fourth-order valence-corrected chi connectivity index (χ4v) is 3.02. The molecule has 0 aromatic rings. The first-order chi connectivity index (χ1) is 9.06. The van der Waals surface area contributed by atoms with Gasteiger partial charge >= 0.3 is 6.09 Å². The highest BCUT2D eigenvalue weighted by atomic mass is 16.6. The zero-order chi connectivity index (χ0) is 15.6. The molecule has 1 fully saturated rings. The first-order valence-electron chi connectivity index (χ1n) is 7.47. The number of aldehydes is 1. The molecule has 116 valence electrons. The third-order valence-corrected chi connectivity index (χ3v) is 3.99. The van der Waals surface area contributed by atoms with E-state index in [2.05, 4.69) is 13.8 Å². The Morgan fingerprint density at radius 1 is 1.40 bits per heavy atom. The van der Waals surface area contributed by atoms with Gasteiger partial charge in [0, 0.05) is 7.05 Å². The van der Waals surface area contributed by atoms with E-state index in [9.17, 15) is 9.59 Å². The summed E-state index contributed by atoms with van der Waals surface area (Å²) in [5.74, 6) is 0.230. The molecule has 0 saturated heterocycles. The van der Waals surface area contributed by atoms with Gasteiger partial charge in [-0.05, 0) is 51.4 Å². The van der Waals surface area contributed by atoms with Crippen molar-refractivity contribution in [3.05, 3.63) is 0 Å². The van der Waals surface area contributed by atoms with Gasteiger partial charge in [0.2, 0.25) is 0 Å². The van der Waals surface area contributed by atoms with Crippen LogP contribution < -0.4 is 0 Å². The van der Waals surface area contributed by atoms with E-state index in [4.69, 9.17) is 4.74 Å². The highest BCUT2D eigenvalue weighted by Gasteiger charge is 2.36. The van der Waals surface area contributed by atoms with E-state index in [0.29, 0.717) is 0 Å². The van der Waals surface area contributed by atoms with Crippen molar-refractivity contribution in [3.63, 3.8) is 0 Å². The van der Waals surface area contributed by atoms with Gasteiger partial charge in [-0.15, -0.1) is 0 Å². The molecular formula is C16H29NO3. The molecule has 20 heavy (non-hydrogen) atoms. The van der Waals surface area contributed by atoms with Gasteiger partial charge in [0.1, 0.15) is 11.9 Å². The number of amides is 1. The fourth-order valence-electron chi connectivity index (χ4n) is 3.02. The van der Waals surface area contributed by atoms with Crippen LogP contribution in [0.15, 0.2) is 0 Å². The lowest BCUT2D eigenvalue weighted by Crippen LogP contribution is -2.47. The standard InChI is InChI=1S/C16H29NO3/c1-15(2,3)20-14(19)17(6)13(11-18)12-8-7-9-16(4,5)10-12/h11-13H,7-10H2,1-6H3. The van der Waals surface area contributed by atoms with E-state index < -0.39 is 11.7 Å². The van der Waals surface area contributed by atoms with Gasteiger partial charge in [-0.3, -0.25) is 0 Å². The average Bonchev–Trinajstić information content (AvgIpc) is 2.26. The molecule has 0 radical (unpaired) electrons. The summed E-state index contributed by atoms with van der Waals surface area (Å²) in [6.07, 6.45) is 4.76. The molecule has 0 spiro atoms. The van der Waals surface area contributed by atoms with E-state index in [-0.39, 0.29) is 17.4 Å². The molecule has 1 aliphatic carbocycles. The summed E-state index contributed by atoms with van der Waals surface area (Å²) in [6, 6.07) is -0.385. The molecule has 0 N–H and O–H groups in total. The van der Waals surface area contributed by atoms with Crippen molar-refractivity contribution in [3.8, 4) is 0 Å². The van der Waals surface area contributed by atoms with Gasteiger partial charge in [-0.1, -0.05) is 20.3 Å². The quantitative estimate of drug-likeness (QED) is 0.743. The van der Waals surface area contributed by atoms with Crippen molar-refractivity contribution in [1.82, 2.24) is 4.90 Å². The molecule has 1 amide bonds. The predicted octanol–water partition coefficient (Wildman–Crippen LogP) is 3.64. The van der Waals surface area contributed by atoms with Crippen LogP contribution in [0.4, 0.5) is 4.79 Å². The Kier molecular flexibility index (Phi) is 5.22. The van der Waals surface area contributed by atoms with Crippen LogP contribution >= 0.6 is 0 Å². The molecule has 0 aliphatic heterocycles. The third kappa shape index (κ3) is 4.80. The SMILES string of the molecule is CN(C(=O)OC(C)(C)C)C(C=O)C1CCCC(C)(C)C1. The lowest BCUT2D eigenvalue weighted by Gasteiger charge is -2.40. The lowest BCUT2D eigenvalue weighted by atomic mass is 9.70. The Hall–Kier alpha value is -1.06. The Morgan fingerprint density at radius 3 is 2.45 bits per heavy atom. The maximum absolute atomic E-state index is 12.1. The zero-order valence-electron chi connectivity index (χ0n) is 13.7. The summed E-state index contributed by atoms with van der Waals surface area (Å²) in [6.45, 7) is 9.96. The van der Waals surface area contributed by atoms with Crippen molar-refractivity contribution in [2.24, 2.45) is 11.3 Å². The van der Waals surface area contributed by atoms with E-state index >= 15 is 0 Å². The zero-order valence-corrected chi connectivity index (χ0v) is 13.7. The predicted molar refractivity (Wildman–Crippen MR) is 79.6 cm³/mol. The minimum absolute atomic E-state index is 0.230. The van der Waals surface area contributed by atoms with Crippen LogP contribution in [0.3, 0.4) is 0 Å². The van der Waals surface area contributed by atoms with E-state index in [1.165, 1.54) is 11.3 Å². The second-order valence-corrected chi connectivity index (χ2v) is 7.74. The first kappa shape index (κ1) is 17.0. The Bertz CT molecular complexity index is 357. The van der Waals surface area contributed by atoms with Crippen molar-refractivity contribution < 1.29 is 14.3 Å². The summed E-state index contributed by atoms with van der Waals surface area (Å²) < 4.78 is 5.35. The number of hydrogen-bond acceptors (Lipinski definition) is 3. The summed E-state index contributed by atoms with van der Waals surface area (Å²) >= 11 is 0. The molecule has 4 nitrogen and oxygen atoms in total. The van der Waals surface area contributed by atoms with Crippen LogP contribution in [0.1, 0.15) is 60.3 Å². The van der Waals surface area contributed by atoms with Gasteiger partial charge in [0.25, 0.3) is 0 Å². The van der Waals surface area contributed by atoms with Crippen LogP contribution in [0.25, 0.3) is 0 Å². The van der Waals surface area contributed by atoms with Crippen LogP contribution in [0.2, 0.25) is 0 Å². The molecule has 0 heterocycles. The van der Waals surface area contributed by atoms with Crippen LogP contribution in [0, 0.1) is 11.3 Å². The molecule has 0 bridgehead atoms. The highest BCUT2D eigenvalue weighted by molar-refractivity contribution is 5.73. The van der Waals surface area contributed by atoms with Crippen LogP contribution in [0.5, 0.6) is 0 Å². The third-order valence-electron chi connectivity index (χ3n) is 3.99. The Labute approximate surface area is 122 Å². The second kappa shape index (κ2) is 6.15. The number of rotatable bonds is 3. The number of likely N-dealkylation sites (N-methyl/N-ethyl adjacent to an activating group) is 1. The number of ether oxygens (including phenoxy) is 1. The van der Waals surface area contributed by atoms with Gasteiger partial charge in [0.05, 0.1) is 6.04 Å². The smallest absolute Gasteiger partial charge is 0.410 e. The fraction of sp³-hybridized carbons (Fsp3) is 0.875. The van der Waals surface area contributed by atoms with Gasteiger partial charge < -0.3 is 14.4 Å². The van der Waals surface area contributed by atoms with Crippen LogP contribution in [-0.4, -0.2) is 36.0 Å². The molecule has 2 atom stereocenters. The van der Waals surface area contributed by atoms with Crippen molar-refractivity contribution in [2.45, 2.75) is 71.9 Å². The van der Waals surface area contributed by atoms with Gasteiger partial charge in [-0.25, -0.2) is 4.79 Å². The monoisotopic (exact) mass is 283 g/mol. The van der Waals surface area contributed by atoms with Crippen molar-refractivity contribution in [2.75, 3.05) is 7.05 Å². The van der Waals surface area contributed by atoms with Crippen molar-refractivity contribution in [1.29, 1.82) is 0 Å². The topological polar surface area (TPSA) is 46.6 Å². The van der Waals surface area contributed by atoms with Gasteiger partial charge in [-0.2, -0.15) is 0 Å². The minimum atomic E-state index is -0.537. The Balaban J connectivity index is 2.74. The summed E-state index contributed by atoms with van der Waals surface area (Å²) in [4.78, 5) is 25.0. The highest BCUT2D eigenvalue weighted by Crippen LogP contribution is 2.40. The maximum Gasteiger partial charge on any atom is 0.410 e. The number of hydrogen-bond donors (Lipinski definition) is 0. The van der Waals surface area contributed by atoms with E-state index in [0.717, 1.165) is 25.5 Å². The second-order valence-electron chi connectivity index (χ2n) is 7.74. The number of nitrogens with zero attached hydrogens (tertiary/aromatic N) is 1. The molecule has 4 heteroatoms. The molecule has 1 saturated carbocycles. The summed E-state index contributed by atoms with van der Waals surface area (Å²) in [7, 11) is 1.66. The lowest BCUT2D eigenvalue weighted by molar-refractivity contribution is -0.114. The average molecular weight is 283 g/mol. The molecular weight excluding hydrogens is 254 g/mol. The van der Waals surface area contributed by atoms with Gasteiger partial charge in [0.15, 0.2) is 0 Å². The normalized spacial score (nSPS) is 23.8. The molecule has 0 aromatic carbocycles. The first-order valence-corrected chi connectivity index (χ1v) is 7.47.